The third-order valence-electron chi connectivity index (χ3n) is 6.10. The number of thiophene rings is 1. The molecule has 5 nitrogen and oxygen atoms in total. The number of nitrogens with one attached hydrogen (secondary N) is 1. The first-order valence-electron chi connectivity index (χ1n) is 9.75. The van der Waals surface area contributed by atoms with Gasteiger partial charge in [-0.2, -0.15) is 4.39 Å². The van der Waals surface area contributed by atoms with Gasteiger partial charge >= 0.3 is 6.03 Å². The van der Waals surface area contributed by atoms with E-state index in [1.165, 1.54) is 6.07 Å². The van der Waals surface area contributed by atoms with Crippen LogP contribution in [0.4, 0.5) is 13.6 Å². The van der Waals surface area contributed by atoms with Gasteiger partial charge in [0.2, 0.25) is 0 Å². The Kier molecular flexibility index (Phi) is 6.24. The van der Waals surface area contributed by atoms with Crippen molar-refractivity contribution < 1.29 is 13.6 Å². The Bertz CT molecular complexity index is 855. The number of primary amides is 1. The molecule has 0 saturated carbocycles. The Morgan fingerprint density at radius 1 is 1.41 bits per heavy atom. The lowest BCUT2D eigenvalue weighted by Crippen LogP contribution is -2.50. The molecule has 3 rings (SSSR count). The number of carbonyl (C=O) groups is 1. The van der Waals surface area contributed by atoms with Crippen molar-refractivity contribution in [2.45, 2.75) is 51.9 Å². The number of carbonyl (C=O) groups excluding carboxylic acids is 1. The molecular formula is C21H28F2N4OS. The van der Waals surface area contributed by atoms with Crippen LogP contribution in [0.5, 0.6) is 0 Å². The van der Waals surface area contributed by atoms with Gasteiger partial charge in [-0.05, 0) is 70.3 Å². The average molecular weight is 423 g/mol. The van der Waals surface area contributed by atoms with Crippen LogP contribution >= 0.6 is 11.3 Å². The first-order valence-corrected chi connectivity index (χ1v) is 10.6. The smallest absolute Gasteiger partial charge is 0.314 e. The zero-order valence-electron chi connectivity index (χ0n) is 17.0. The molecule has 2 amide bonds. The number of likely N-dealkylation sites (tertiary alicyclic amines) is 1. The standard InChI is InChI=1S/C21H28F2N4OS/c1-14-4-5-15(12-25-14)20(2,3)27-11-10-21(13-27,18(23)26-19(24)28)9-8-16-6-7-17(22)29-16/h4-7,12,18H,8-11,13H2,1-3H3,(H3,24,26,28)/t18-,21+/m0/s1. The molecular weight excluding hydrogens is 394 g/mol. The number of nitrogens with zero attached hydrogens (tertiary/aromatic N) is 2. The quantitative estimate of drug-likeness (QED) is 0.660. The largest absolute Gasteiger partial charge is 0.352 e. The summed E-state index contributed by atoms with van der Waals surface area (Å²) >= 11 is 1.08. The van der Waals surface area contributed by atoms with Crippen molar-refractivity contribution in [1.29, 1.82) is 0 Å². The van der Waals surface area contributed by atoms with Crippen molar-refractivity contribution in [2.24, 2.45) is 11.1 Å². The highest BCUT2D eigenvalue weighted by molar-refractivity contribution is 7.10. The molecule has 29 heavy (non-hydrogen) atoms. The van der Waals surface area contributed by atoms with Crippen LogP contribution in [0.2, 0.25) is 0 Å². The van der Waals surface area contributed by atoms with E-state index < -0.39 is 17.7 Å². The van der Waals surface area contributed by atoms with Crippen molar-refractivity contribution in [3.05, 3.63) is 51.7 Å². The van der Waals surface area contributed by atoms with Crippen LogP contribution in [0.15, 0.2) is 30.5 Å². The lowest BCUT2D eigenvalue weighted by molar-refractivity contribution is 0.0590. The average Bonchev–Trinajstić information content (AvgIpc) is 3.27. The third-order valence-corrected chi connectivity index (χ3v) is 7.03. The normalized spacial score (nSPS) is 21.3. The maximum atomic E-state index is 15.2. The number of rotatable bonds is 7. The van der Waals surface area contributed by atoms with Gasteiger partial charge < -0.3 is 11.1 Å². The molecule has 0 spiro atoms. The van der Waals surface area contributed by atoms with Gasteiger partial charge in [-0.3, -0.25) is 9.88 Å². The van der Waals surface area contributed by atoms with Crippen molar-refractivity contribution in [3.8, 4) is 0 Å². The van der Waals surface area contributed by atoms with Gasteiger partial charge in [0.15, 0.2) is 11.4 Å². The molecule has 158 valence electrons. The van der Waals surface area contributed by atoms with Crippen LogP contribution in [0, 0.1) is 17.5 Å². The molecule has 1 aliphatic heterocycles. The van der Waals surface area contributed by atoms with E-state index >= 15 is 4.39 Å². The number of halogens is 2. The number of amides is 2. The topological polar surface area (TPSA) is 71.2 Å². The maximum absolute atomic E-state index is 15.2. The van der Waals surface area contributed by atoms with E-state index in [1.807, 2.05) is 25.3 Å². The van der Waals surface area contributed by atoms with Gasteiger partial charge in [0, 0.05) is 34.3 Å². The monoisotopic (exact) mass is 422 g/mol. The van der Waals surface area contributed by atoms with E-state index in [4.69, 9.17) is 5.73 Å². The predicted molar refractivity (Wildman–Crippen MR) is 111 cm³/mol. The predicted octanol–water partition coefficient (Wildman–Crippen LogP) is 4.11. The van der Waals surface area contributed by atoms with Crippen LogP contribution in [-0.2, 0) is 12.0 Å². The Morgan fingerprint density at radius 2 is 2.17 bits per heavy atom. The van der Waals surface area contributed by atoms with Crippen molar-refractivity contribution >= 4 is 17.4 Å². The first-order chi connectivity index (χ1) is 13.6. The van der Waals surface area contributed by atoms with E-state index in [2.05, 4.69) is 29.0 Å². The Hall–Kier alpha value is -2.06. The molecule has 0 bridgehead atoms. The van der Waals surface area contributed by atoms with E-state index in [-0.39, 0.29) is 10.7 Å². The summed E-state index contributed by atoms with van der Waals surface area (Å²) in [6, 6.07) is 6.30. The number of urea groups is 1. The van der Waals surface area contributed by atoms with Crippen molar-refractivity contribution in [1.82, 2.24) is 15.2 Å². The summed E-state index contributed by atoms with van der Waals surface area (Å²) in [5.41, 5.74) is 6.06. The maximum Gasteiger partial charge on any atom is 0.314 e. The summed E-state index contributed by atoms with van der Waals surface area (Å²) in [6.07, 6.45) is 1.91. The zero-order chi connectivity index (χ0) is 21.2. The van der Waals surface area contributed by atoms with E-state index in [0.29, 0.717) is 32.4 Å². The molecule has 3 heterocycles. The molecule has 8 heteroatoms. The lowest BCUT2D eigenvalue weighted by Gasteiger charge is -2.39. The second-order valence-corrected chi connectivity index (χ2v) is 9.48. The minimum absolute atomic E-state index is 0.248. The molecule has 1 saturated heterocycles. The van der Waals surface area contributed by atoms with Crippen LogP contribution < -0.4 is 11.1 Å². The Labute approximate surface area is 174 Å². The third kappa shape index (κ3) is 4.75. The summed E-state index contributed by atoms with van der Waals surface area (Å²) in [5.74, 6) is 0. The van der Waals surface area contributed by atoms with E-state index in [0.717, 1.165) is 27.5 Å². The molecule has 2 aromatic heterocycles. The number of hydrogen-bond donors (Lipinski definition) is 2. The zero-order valence-corrected chi connectivity index (χ0v) is 17.9. The summed E-state index contributed by atoms with van der Waals surface area (Å²) in [6.45, 7) is 7.27. The van der Waals surface area contributed by atoms with Crippen LogP contribution in [0.1, 0.15) is 42.8 Å². The number of pyridine rings is 1. The fraction of sp³-hybridized carbons (Fsp3) is 0.524. The molecule has 1 aliphatic rings. The molecule has 3 N–H and O–H groups in total. The minimum Gasteiger partial charge on any atom is -0.352 e. The summed E-state index contributed by atoms with van der Waals surface area (Å²) in [5, 5.41) is 2.00. The van der Waals surface area contributed by atoms with Crippen molar-refractivity contribution in [2.75, 3.05) is 13.1 Å². The second-order valence-electron chi connectivity index (χ2n) is 8.36. The summed E-state index contributed by atoms with van der Waals surface area (Å²) in [4.78, 5) is 18.8. The Balaban J connectivity index is 1.81. The second kappa shape index (κ2) is 8.36. The minimum atomic E-state index is -1.57. The lowest BCUT2D eigenvalue weighted by atomic mass is 9.80. The summed E-state index contributed by atoms with van der Waals surface area (Å²) < 4.78 is 28.6. The fourth-order valence-electron chi connectivity index (χ4n) is 4.06. The molecule has 0 aliphatic carbocycles. The van der Waals surface area contributed by atoms with Gasteiger partial charge in [-0.25, -0.2) is 9.18 Å². The number of nitrogens with two attached hydrogens (primary N) is 1. The van der Waals surface area contributed by atoms with E-state index in [1.54, 1.807) is 6.07 Å². The van der Waals surface area contributed by atoms with Gasteiger partial charge in [-0.1, -0.05) is 6.07 Å². The molecule has 0 radical (unpaired) electrons. The highest BCUT2D eigenvalue weighted by Crippen LogP contribution is 2.44. The highest BCUT2D eigenvalue weighted by atomic mass is 32.1. The molecule has 2 aromatic rings. The van der Waals surface area contributed by atoms with Gasteiger partial charge in [0.25, 0.3) is 0 Å². The van der Waals surface area contributed by atoms with Crippen LogP contribution in [-0.4, -0.2) is 35.3 Å². The van der Waals surface area contributed by atoms with Crippen LogP contribution in [0.3, 0.4) is 0 Å². The number of alkyl halides is 1. The molecule has 0 unspecified atom stereocenters. The van der Waals surface area contributed by atoms with Gasteiger partial charge in [0.1, 0.15) is 0 Å². The molecule has 0 aromatic carbocycles. The molecule has 1 fully saturated rings. The van der Waals surface area contributed by atoms with Gasteiger partial charge in [-0.15, -0.1) is 11.3 Å². The summed E-state index contributed by atoms with van der Waals surface area (Å²) in [7, 11) is 0. The SMILES string of the molecule is Cc1ccc(C(C)(C)N2CC[C@@](CCc3ccc(F)s3)([C@@H](F)NC(N)=O)C2)cn1. The highest BCUT2D eigenvalue weighted by Gasteiger charge is 2.48. The Morgan fingerprint density at radius 3 is 2.76 bits per heavy atom. The molecule has 2 atom stereocenters. The van der Waals surface area contributed by atoms with E-state index in [9.17, 15) is 9.18 Å². The van der Waals surface area contributed by atoms with Crippen LogP contribution in [0.25, 0.3) is 0 Å². The number of aromatic nitrogens is 1. The fourth-order valence-corrected chi connectivity index (χ4v) is 4.79. The number of hydrogen-bond acceptors (Lipinski definition) is 4. The van der Waals surface area contributed by atoms with Gasteiger partial charge in [0.05, 0.1) is 0 Å². The first kappa shape index (κ1) is 21.6. The van der Waals surface area contributed by atoms with Crippen molar-refractivity contribution in [3.63, 3.8) is 0 Å². The number of aryl methyl sites for hydroxylation is 2.